The number of likely N-dealkylation sites (tertiary alicyclic amines) is 1. The number of nitrogens with zero attached hydrogens (tertiary/aromatic N) is 1. The van der Waals surface area contributed by atoms with Gasteiger partial charge in [-0.05, 0) is 13.0 Å². The van der Waals surface area contributed by atoms with Crippen LogP contribution in [0.3, 0.4) is 0 Å². The van der Waals surface area contributed by atoms with E-state index in [0.29, 0.717) is 13.2 Å². The van der Waals surface area contributed by atoms with E-state index in [-0.39, 0.29) is 30.4 Å². The molecular weight excluding hydrogens is 288 g/mol. The van der Waals surface area contributed by atoms with Gasteiger partial charge in [-0.3, -0.25) is 9.74 Å². The molecule has 1 heterocycles. The molecule has 4 atom stereocenters. The van der Waals surface area contributed by atoms with Gasteiger partial charge in [-0.15, -0.1) is 0 Å². The molecule has 132 valence electrons. The molecule has 0 aromatic carbocycles. The largest absolute Gasteiger partial charge is 0.383 e. The van der Waals surface area contributed by atoms with E-state index in [2.05, 4.69) is 11.8 Å². The number of methoxy groups -OCH3 is 4. The lowest BCUT2D eigenvalue weighted by atomic mass is 9.87. The van der Waals surface area contributed by atoms with Gasteiger partial charge in [0, 0.05) is 28.4 Å². The highest BCUT2D eigenvalue weighted by atomic mass is 16.7. The molecule has 0 aromatic rings. The van der Waals surface area contributed by atoms with Crippen LogP contribution in [0.4, 0.5) is 0 Å². The Morgan fingerprint density at radius 2 is 1.36 bits per heavy atom. The summed E-state index contributed by atoms with van der Waals surface area (Å²) in [5.74, 6) is 5.54. The topological polar surface area (TPSA) is 75.4 Å². The average molecular weight is 320 g/mol. The van der Waals surface area contributed by atoms with Crippen LogP contribution in [0.2, 0.25) is 0 Å². The van der Waals surface area contributed by atoms with E-state index in [1.54, 1.807) is 28.4 Å². The molecule has 7 heteroatoms. The Hall–Kier alpha value is -0.280. The van der Waals surface area contributed by atoms with Gasteiger partial charge in [0.2, 0.25) is 0 Å². The highest BCUT2D eigenvalue weighted by molar-refractivity contribution is 5.02. The molecule has 1 rings (SSSR count). The molecule has 0 amide bonds. The zero-order chi connectivity index (χ0) is 16.5. The summed E-state index contributed by atoms with van der Waals surface area (Å²) in [6.07, 6.45) is 1.39. The van der Waals surface area contributed by atoms with Crippen molar-refractivity contribution in [3.8, 4) is 0 Å². The molecule has 1 fully saturated rings. The number of nitrogens with two attached hydrogens (primary N) is 1. The minimum atomic E-state index is -0.367. The molecule has 1 aliphatic rings. The highest BCUT2D eigenvalue weighted by Crippen LogP contribution is 2.30. The Morgan fingerprint density at radius 1 is 0.864 bits per heavy atom. The zero-order valence-corrected chi connectivity index (χ0v) is 14.5. The lowest BCUT2D eigenvalue weighted by Gasteiger charge is -2.51. The van der Waals surface area contributed by atoms with Crippen LogP contribution in [0.25, 0.3) is 0 Å². The first-order valence-electron chi connectivity index (χ1n) is 7.84. The molecule has 4 unspecified atom stereocenters. The van der Waals surface area contributed by atoms with Crippen molar-refractivity contribution in [1.82, 2.24) is 4.90 Å². The fraction of sp³-hybridized carbons (Fsp3) is 1.00. The monoisotopic (exact) mass is 320 g/mol. The number of unbranched alkanes of at least 4 members (excludes halogenated alkanes) is 1. The number of ether oxygens (including phenoxy) is 4. The molecule has 22 heavy (non-hydrogen) atoms. The Bertz CT molecular complexity index is 273. The van der Waals surface area contributed by atoms with Crippen LogP contribution >= 0.6 is 0 Å². The van der Waals surface area contributed by atoms with Crippen LogP contribution in [0.1, 0.15) is 19.8 Å². The molecular formula is C15H32N2O5. The second kappa shape index (κ2) is 10.5. The Kier molecular flexibility index (Phi) is 9.42. The minimum Gasteiger partial charge on any atom is -0.383 e. The molecule has 0 bridgehead atoms. The quantitative estimate of drug-likeness (QED) is 0.585. The van der Waals surface area contributed by atoms with E-state index in [0.717, 1.165) is 19.4 Å². The lowest BCUT2D eigenvalue weighted by Crippen LogP contribution is -2.70. The summed E-state index contributed by atoms with van der Waals surface area (Å²) in [5.41, 5.74) is 0. The van der Waals surface area contributed by atoms with E-state index in [9.17, 15) is 0 Å². The molecule has 0 radical (unpaired) electrons. The van der Waals surface area contributed by atoms with Crippen molar-refractivity contribution in [2.24, 2.45) is 5.90 Å². The van der Waals surface area contributed by atoms with Crippen molar-refractivity contribution in [2.45, 2.75) is 50.2 Å². The predicted octanol–water partition coefficient (Wildman–Crippen LogP) is 0.421. The van der Waals surface area contributed by atoms with Crippen molar-refractivity contribution in [3.05, 3.63) is 0 Å². The van der Waals surface area contributed by atoms with E-state index in [4.69, 9.17) is 29.7 Å². The van der Waals surface area contributed by atoms with Crippen LogP contribution in [0.5, 0.6) is 0 Å². The summed E-state index contributed by atoms with van der Waals surface area (Å²) >= 11 is 0. The first-order chi connectivity index (χ1) is 10.7. The maximum absolute atomic E-state index is 5.68. The Morgan fingerprint density at radius 3 is 1.68 bits per heavy atom. The Labute approximate surface area is 133 Å². The molecule has 0 aromatic heterocycles. The summed E-state index contributed by atoms with van der Waals surface area (Å²) in [7, 11) is 6.72. The van der Waals surface area contributed by atoms with Crippen molar-refractivity contribution in [2.75, 3.05) is 48.2 Å². The summed E-state index contributed by atoms with van der Waals surface area (Å²) in [4.78, 5) is 7.57. The maximum Gasteiger partial charge on any atom is 0.134 e. The van der Waals surface area contributed by atoms with Crippen molar-refractivity contribution < 1.29 is 23.8 Å². The number of rotatable bonds is 10. The number of hydrogen-bond donors (Lipinski definition) is 1. The summed E-state index contributed by atoms with van der Waals surface area (Å²) in [6.45, 7) is 4.18. The molecule has 1 saturated heterocycles. The second-order valence-electron chi connectivity index (χ2n) is 5.64. The first-order valence-corrected chi connectivity index (χ1v) is 7.84. The van der Waals surface area contributed by atoms with Crippen LogP contribution < -0.4 is 5.90 Å². The standard InChI is InChI=1S/C15H32N2O5/c1-6-7-8-17-11(9-18-2)13(20-4)15(22-16)14(21-5)12(17)10-19-3/h11-15H,6-10,16H2,1-5H3. The lowest BCUT2D eigenvalue weighted by molar-refractivity contribution is -0.214. The predicted molar refractivity (Wildman–Crippen MR) is 83.6 cm³/mol. The van der Waals surface area contributed by atoms with E-state index in [1.165, 1.54) is 0 Å². The smallest absolute Gasteiger partial charge is 0.134 e. The van der Waals surface area contributed by atoms with Gasteiger partial charge in [-0.25, -0.2) is 5.90 Å². The third-order valence-corrected chi connectivity index (χ3v) is 4.40. The summed E-state index contributed by atoms with van der Waals surface area (Å²) < 4.78 is 22.2. The van der Waals surface area contributed by atoms with Gasteiger partial charge in [0.05, 0.1) is 25.3 Å². The van der Waals surface area contributed by atoms with Crippen molar-refractivity contribution in [3.63, 3.8) is 0 Å². The zero-order valence-electron chi connectivity index (χ0n) is 14.5. The van der Waals surface area contributed by atoms with Gasteiger partial charge in [0.15, 0.2) is 0 Å². The highest BCUT2D eigenvalue weighted by Gasteiger charge is 2.50. The van der Waals surface area contributed by atoms with Gasteiger partial charge in [0.1, 0.15) is 18.3 Å². The fourth-order valence-electron chi connectivity index (χ4n) is 3.38. The van der Waals surface area contributed by atoms with Crippen LogP contribution in [-0.2, 0) is 23.8 Å². The van der Waals surface area contributed by atoms with Crippen molar-refractivity contribution in [1.29, 1.82) is 0 Å². The van der Waals surface area contributed by atoms with Gasteiger partial charge in [-0.1, -0.05) is 13.3 Å². The molecule has 7 nitrogen and oxygen atoms in total. The van der Waals surface area contributed by atoms with E-state index in [1.807, 2.05) is 0 Å². The van der Waals surface area contributed by atoms with Gasteiger partial charge < -0.3 is 18.9 Å². The number of piperidine rings is 1. The third-order valence-electron chi connectivity index (χ3n) is 4.40. The van der Waals surface area contributed by atoms with Crippen LogP contribution in [-0.4, -0.2) is 83.5 Å². The molecule has 0 aliphatic carbocycles. The normalized spacial score (nSPS) is 33.3. The van der Waals surface area contributed by atoms with Crippen LogP contribution in [0.15, 0.2) is 0 Å². The van der Waals surface area contributed by atoms with E-state index >= 15 is 0 Å². The fourth-order valence-corrected chi connectivity index (χ4v) is 3.38. The molecule has 2 N–H and O–H groups in total. The SMILES string of the molecule is CCCCN1C(COC)C(OC)C(ON)C(OC)C1COC. The summed E-state index contributed by atoms with van der Waals surface area (Å²) in [6, 6.07) is 0.0864. The first kappa shape index (κ1) is 19.8. The van der Waals surface area contributed by atoms with E-state index < -0.39 is 0 Å². The van der Waals surface area contributed by atoms with Crippen molar-refractivity contribution >= 4 is 0 Å². The third kappa shape index (κ3) is 4.38. The van der Waals surface area contributed by atoms with Gasteiger partial charge >= 0.3 is 0 Å². The number of hydrogen-bond acceptors (Lipinski definition) is 7. The Balaban J connectivity index is 3.11. The molecule has 0 saturated carbocycles. The molecule has 0 spiro atoms. The minimum absolute atomic E-state index is 0.0432. The van der Waals surface area contributed by atoms with Gasteiger partial charge in [0.25, 0.3) is 0 Å². The molecule has 1 aliphatic heterocycles. The summed E-state index contributed by atoms with van der Waals surface area (Å²) in [5, 5.41) is 0. The maximum atomic E-state index is 5.68. The van der Waals surface area contributed by atoms with Crippen LogP contribution in [0, 0.1) is 0 Å². The second-order valence-corrected chi connectivity index (χ2v) is 5.64. The average Bonchev–Trinajstić information content (AvgIpc) is 2.54. The van der Waals surface area contributed by atoms with Gasteiger partial charge in [-0.2, -0.15) is 0 Å².